The van der Waals surface area contributed by atoms with Crippen molar-refractivity contribution in [3.63, 3.8) is 0 Å². The largest absolute Gasteiger partial charge is 0.507 e. The van der Waals surface area contributed by atoms with Gasteiger partial charge in [-0.05, 0) is 58.7 Å². The van der Waals surface area contributed by atoms with E-state index in [1.165, 1.54) is 36.4 Å². The lowest BCUT2D eigenvalue weighted by molar-refractivity contribution is -0.277. The van der Waals surface area contributed by atoms with Gasteiger partial charge in [0.15, 0.2) is 0 Å². The van der Waals surface area contributed by atoms with Gasteiger partial charge in [0.25, 0.3) is 0 Å². The summed E-state index contributed by atoms with van der Waals surface area (Å²) in [4.78, 5) is 52.6. The number of ketones is 2. The Hall–Kier alpha value is -5.84. The molecule has 7 atom stereocenters. The van der Waals surface area contributed by atoms with Crippen molar-refractivity contribution in [2.45, 2.75) is 42.5 Å². The van der Waals surface area contributed by atoms with Gasteiger partial charge in [0.05, 0.1) is 40.0 Å². The molecule has 7 rings (SSSR count). The van der Waals surface area contributed by atoms with Crippen LogP contribution in [0.15, 0.2) is 60.7 Å². The maximum atomic E-state index is 14.4. The Morgan fingerprint density at radius 1 is 0.627 bits per heavy atom. The fraction of sp³-hybridized carbons (Fsp3) is 0.222. The molecule has 1 fully saturated rings. The highest BCUT2D eigenvalue weighted by Gasteiger charge is 2.48. The Kier molecular flexibility index (Phi) is 8.04. The molecular formula is C36H28O15. The number of hydrogen-bond acceptors (Lipinski definition) is 13. The second-order valence-corrected chi connectivity index (χ2v) is 12.4. The van der Waals surface area contributed by atoms with Crippen LogP contribution in [0.5, 0.6) is 23.0 Å². The van der Waals surface area contributed by atoms with E-state index in [9.17, 15) is 65.1 Å². The smallest absolute Gasteiger partial charge is 0.335 e. The van der Waals surface area contributed by atoms with Crippen molar-refractivity contribution in [3.8, 4) is 23.0 Å². The number of fused-ring (bicyclic) bond motifs is 4. The first-order valence-corrected chi connectivity index (χ1v) is 15.5. The van der Waals surface area contributed by atoms with Gasteiger partial charge < -0.3 is 55.4 Å². The summed E-state index contributed by atoms with van der Waals surface area (Å²) in [6.07, 6.45) is -8.55. The quantitative estimate of drug-likeness (QED) is 0.138. The maximum absolute atomic E-state index is 14.4. The van der Waals surface area contributed by atoms with E-state index in [0.717, 1.165) is 24.3 Å². The number of rotatable bonds is 6. The lowest BCUT2D eigenvalue weighted by Crippen LogP contribution is -2.60. The zero-order chi connectivity index (χ0) is 36.6. The van der Waals surface area contributed by atoms with Crippen molar-refractivity contribution in [3.05, 3.63) is 116 Å². The second-order valence-electron chi connectivity index (χ2n) is 12.4. The van der Waals surface area contributed by atoms with E-state index in [0.29, 0.717) is 0 Å². The zero-order valence-electron chi connectivity index (χ0n) is 26.0. The Morgan fingerprint density at radius 2 is 1.12 bits per heavy atom. The van der Waals surface area contributed by atoms with E-state index in [-0.39, 0.29) is 50.3 Å². The highest BCUT2D eigenvalue weighted by atomic mass is 16.7. The number of phenols is 3. The topological polar surface area (TPSA) is 269 Å². The van der Waals surface area contributed by atoms with Gasteiger partial charge in [-0.1, -0.05) is 24.3 Å². The third-order valence-corrected chi connectivity index (χ3v) is 9.60. The first kappa shape index (κ1) is 33.6. The molecule has 15 nitrogen and oxygen atoms in total. The average Bonchev–Trinajstić information content (AvgIpc) is 3.08. The first-order valence-electron chi connectivity index (χ1n) is 15.5. The van der Waals surface area contributed by atoms with Gasteiger partial charge in [-0.2, -0.15) is 0 Å². The zero-order valence-corrected chi connectivity index (χ0v) is 26.0. The van der Waals surface area contributed by atoms with E-state index in [1.54, 1.807) is 0 Å². The lowest BCUT2D eigenvalue weighted by atomic mass is 9.63. The molecule has 15 heteroatoms. The van der Waals surface area contributed by atoms with Crippen molar-refractivity contribution in [2.24, 2.45) is 0 Å². The summed E-state index contributed by atoms with van der Waals surface area (Å²) in [5, 5.41) is 94.1. The number of aliphatic hydroxyl groups excluding tert-OH is 4. The van der Waals surface area contributed by atoms with Crippen LogP contribution in [0.25, 0.3) is 0 Å². The molecule has 0 amide bonds. The van der Waals surface area contributed by atoms with Gasteiger partial charge in [-0.15, -0.1) is 0 Å². The SMILES string of the molecule is O=C(O)c1cc(O)c2c(c1)[C@H]([C@@H]1c3cc(C(=O)O)cc(O)c3C(=O)c3c(O[C@@H]4O[C@@H](CO)[C@@H](O)[C@@H](O)[C@@H]4O)cccc31)c1cccc(O)c1C2=O. The number of aromatic hydroxyl groups is 3. The summed E-state index contributed by atoms with van der Waals surface area (Å²) in [5.41, 5.74) is -1.98. The molecule has 0 aromatic heterocycles. The number of aromatic carboxylic acids is 2. The predicted molar refractivity (Wildman–Crippen MR) is 170 cm³/mol. The minimum atomic E-state index is -1.88. The fourth-order valence-electron chi connectivity index (χ4n) is 7.34. The van der Waals surface area contributed by atoms with Crippen LogP contribution in [-0.2, 0) is 4.74 Å². The molecule has 1 saturated heterocycles. The molecule has 3 aliphatic rings. The molecule has 1 aliphatic heterocycles. The van der Waals surface area contributed by atoms with Crippen LogP contribution >= 0.6 is 0 Å². The summed E-state index contributed by atoms with van der Waals surface area (Å²) in [7, 11) is 0. The van der Waals surface area contributed by atoms with Crippen LogP contribution in [0.3, 0.4) is 0 Å². The van der Waals surface area contributed by atoms with Crippen LogP contribution in [0.4, 0.5) is 0 Å². The molecule has 0 radical (unpaired) electrons. The van der Waals surface area contributed by atoms with Crippen LogP contribution in [0.2, 0.25) is 0 Å². The number of benzene rings is 4. The summed E-state index contributed by atoms with van der Waals surface area (Å²) < 4.78 is 11.4. The summed E-state index contributed by atoms with van der Waals surface area (Å²) in [6.45, 7) is -0.775. The fourth-order valence-corrected chi connectivity index (χ4v) is 7.34. The van der Waals surface area contributed by atoms with E-state index in [4.69, 9.17) is 9.47 Å². The Balaban J connectivity index is 1.52. The highest BCUT2D eigenvalue weighted by molar-refractivity contribution is 6.18. The number of carboxylic acid groups (broad SMARTS) is 2. The predicted octanol–water partition coefficient (Wildman–Crippen LogP) is 1.43. The minimum absolute atomic E-state index is 0.0489. The molecular weight excluding hydrogens is 672 g/mol. The van der Waals surface area contributed by atoms with Gasteiger partial charge in [0.1, 0.15) is 47.4 Å². The second kappa shape index (κ2) is 12.2. The number of carbonyl (C=O) groups is 4. The van der Waals surface area contributed by atoms with Crippen molar-refractivity contribution in [1.82, 2.24) is 0 Å². The Morgan fingerprint density at radius 3 is 1.65 bits per heavy atom. The van der Waals surface area contributed by atoms with Crippen molar-refractivity contribution in [2.75, 3.05) is 6.61 Å². The molecule has 2 aliphatic carbocycles. The normalized spacial score (nSPS) is 24.9. The molecule has 4 aromatic carbocycles. The standard InChI is InChI=1S/C36H28O15/c37-11-22-29(41)32(44)33(45)36(51-22)50-21-6-2-4-15-24(17-8-13(35(48)49)10-20(40)27(17)31(43)28(15)21)23-14-3-1-5-18(38)25(14)30(42)26-16(23)7-12(34(46)47)9-19(26)39/h1-10,22-24,29,32-33,36-41,44-45H,11H2,(H,46,47)(H,48,49)/t22-,23+,24-,29+,32+,33-,36+/m0/s1. The minimum Gasteiger partial charge on any atom is -0.507 e. The van der Waals surface area contributed by atoms with Crippen molar-refractivity contribution in [1.29, 1.82) is 0 Å². The van der Waals surface area contributed by atoms with Crippen LogP contribution < -0.4 is 4.74 Å². The number of phenolic OH excluding ortho intramolecular Hbond substituents is 3. The average molecular weight is 701 g/mol. The number of hydrogen-bond donors (Lipinski definition) is 9. The summed E-state index contributed by atoms with van der Waals surface area (Å²) >= 11 is 0. The molecule has 9 N–H and O–H groups in total. The van der Waals surface area contributed by atoms with Gasteiger partial charge >= 0.3 is 11.9 Å². The maximum Gasteiger partial charge on any atom is 0.335 e. The van der Waals surface area contributed by atoms with Gasteiger partial charge in [-0.25, -0.2) is 9.59 Å². The molecule has 51 heavy (non-hydrogen) atoms. The number of carboxylic acids is 2. The molecule has 0 spiro atoms. The van der Waals surface area contributed by atoms with E-state index in [2.05, 4.69) is 0 Å². The molecule has 0 unspecified atom stereocenters. The molecule has 0 bridgehead atoms. The summed E-state index contributed by atoms with van der Waals surface area (Å²) in [5.74, 6) is -9.35. The van der Waals surface area contributed by atoms with Gasteiger partial charge in [0, 0.05) is 11.8 Å². The van der Waals surface area contributed by atoms with Crippen molar-refractivity contribution < 1.29 is 74.6 Å². The van der Waals surface area contributed by atoms with Crippen LogP contribution in [0.1, 0.15) is 86.6 Å². The summed E-state index contributed by atoms with van der Waals surface area (Å²) in [6, 6.07) is 12.3. The van der Waals surface area contributed by atoms with Gasteiger partial charge in [-0.3, -0.25) is 9.59 Å². The van der Waals surface area contributed by atoms with Gasteiger partial charge in [0.2, 0.25) is 17.9 Å². The third kappa shape index (κ3) is 5.09. The molecule has 4 aromatic rings. The third-order valence-electron chi connectivity index (χ3n) is 9.60. The van der Waals surface area contributed by atoms with E-state index < -0.39 is 101 Å². The van der Waals surface area contributed by atoms with Crippen LogP contribution in [-0.4, -0.2) is 107 Å². The first-order chi connectivity index (χ1) is 24.2. The van der Waals surface area contributed by atoms with E-state index in [1.807, 2.05) is 0 Å². The Labute approximate surface area is 286 Å². The number of aliphatic hydroxyl groups is 4. The molecule has 0 saturated carbocycles. The number of ether oxygens (including phenoxy) is 2. The van der Waals surface area contributed by atoms with Crippen molar-refractivity contribution >= 4 is 23.5 Å². The monoisotopic (exact) mass is 700 g/mol. The highest BCUT2D eigenvalue weighted by Crippen LogP contribution is 2.56. The lowest BCUT2D eigenvalue weighted by Gasteiger charge is -2.41. The molecule has 1 heterocycles. The van der Waals surface area contributed by atoms with E-state index >= 15 is 0 Å². The Bertz CT molecular complexity index is 2170. The number of carbonyl (C=O) groups excluding carboxylic acids is 2. The molecule has 262 valence electrons. The van der Waals surface area contributed by atoms with Crippen LogP contribution in [0, 0.1) is 0 Å².